The van der Waals surface area contributed by atoms with Gasteiger partial charge in [0.15, 0.2) is 11.5 Å². The van der Waals surface area contributed by atoms with E-state index in [4.69, 9.17) is 9.47 Å². The molecule has 0 bridgehead atoms. The summed E-state index contributed by atoms with van der Waals surface area (Å²) in [5.74, 6) is 2.12. The highest BCUT2D eigenvalue weighted by Crippen LogP contribution is 2.54. The fraction of sp³-hybridized carbons (Fsp3) is 0.361. The highest BCUT2D eigenvalue weighted by atomic mass is 16.5. The predicted molar refractivity (Wildman–Crippen MR) is 170 cm³/mol. The van der Waals surface area contributed by atoms with Crippen molar-refractivity contribution in [3.8, 4) is 28.4 Å². The number of aromatic hydroxyl groups is 1. The van der Waals surface area contributed by atoms with Crippen LogP contribution in [-0.2, 0) is 20.5 Å². The Hall–Kier alpha value is -4.19. The van der Waals surface area contributed by atoms with E-state index < -0.39 is 0 Å². The van der Waals surface area contributed by atoms with Crippen molar-refractivity contribution < 1.29 is 14.6 Å². The summed E-state index contributed by atoms with van der Waals surface area (Å²) in [4.78, 5) is 0. The van der Waals surface area contributed by atoms with Gasteiger partial charge in [0.1, 0.15) is 11.4 Å². The molecule has 42 heavy (non-hydrogen) atoms. The molecule has 1 aliphatic heterocycles. The molecule has 5 aromatic rings. The molecule has 2 aliphatic rings. The average molecular weight is 562 g/mol. The van der Waals surface area contributed by atoms with Crippen LogP contribution in [0.15, 0.2) is 54.9 Å². The lowest BCUT2D eigenvalue weighted by Crippen LogP contribution is -2.53. The van der Waals surface area contributed by atoms with Gasteiger partial charge in [-0.25, -0.2) is 0 Å². The predicted octanol–water partition coefficient (Wildman–Crippen LogP) is 8.14. The Balaban J connectivity index is 1.26. The maximum Gasteiger partial charge on any atom is 0.164 e. The number of aryl methyl sites for hydroxylation is 2. The number of nitrogens with zero attached hydrogens (tertiary/aromatic N) is 3. The average Bonchev–Trinajstić information content (AvgIpc) is 3.49. The molecule has 1 saturated carbocycles. The second-order valence-electron chi connectivity index (χ2n) is 13.2. The van der Waals surface area contributed by atoms with E-state index in [1.807, 2.05) is 23.9 Å². The summed E-state index contributed by atoms with van der Waals surface area (Å²) in [6.45, 7) is 6.95. The van der Waals surface area contributed by atoms with Crippen LogP contribution in [0.1, 0.15) is 56.7 Å². The molecule has 3 heterocycles. The molecule has 6 heteroatoms. The summed E-state index contributed by atoms with van der Waals surface area (Å²) in [5, 5.41) is 17.8. The van der Waals surface area contributed by atoms with Crippen molar-refractivity contribution in [1.82, 2.24) is 14.3 Å². The molecule has 0 amide bonds. The van der Waals surface area contributed by atoms with Gasteiger partial charge in [0.25, 0.3) is 0 Å². The summed E-state index contributed by atoms with van der Waals surface area (Å²) in [6, 6.07) is 14.5. The first-order chi connectivity index (χ1) is 20.1. The van der Waals surface area contributed by atoms with Gasteiger partial charge in [-0.05, 0) is 90.6 Å². The number of fused-ring (bicyclic) bond motifs is 4. The number of methoxy groups -OCH3 is 1. The second-order valence-corrected chi connectivity index (χ2v) is 13.2. The van der Waals surface area contributed by atoms with Crippen molar-refractivity contribution in [2.45, 2.75) is 52.1 Å². The van der Waals surface area contributed by atoms with Gasteiger partial charge in [0.05, 0.1) is 18.1 Å². The zero-order valence-electron chi connectivity index (χ0n) is 25.4. The molecule has 2 aromatic heterocycles. The third kappa shape index (κ3) is 4.19. The molecule has 3 aromatic carbocycles. The highest BCUT2D eigenvalue weighted by molar-refractivity contribution is 6.07. The third-order valence-electron chi connectivity index (χ3n) is 9.82. The Bertz CT molecular complexity index is 1890. The highest BCUT2D eigenvalue weighted by Gasteiger charge is 2.51. The van der Waals surface area contributed by atoms with Crippen LogP contribution in [0.5, 0.6) is 17.2 Å². The first-order valence-corrected chi connectivity index (χ1v) is 14.9. The van der Waals surface area contributed by atoms with E-state index in [1.54, 1.807) is 7.11 Å². The van der Waals surface area contributed by atoms with Crippen LogP contribution in [-0.4, -0.2) is 32.2 Å². The smallest absolute Gasteiger partial charge is 0.164 e. The minimum Gasteiger partial charge on any atom is -0.504 e. The van der Waals surface area contributed by atoms with Crippen LogP contribution in [0, 0.1) is 11.3 Å². The first-order valence-electron chi connectivity index (χ1n) is 14.9. The maximum atomic E-state index is 11.0. The number of phenolic OH excluding ortho intramolecular Hbond substituents is 1. The summed E-state index contributed by atoms with van der Waals surface area (Å²) in [5.41, 5.74) is 7.37. The molecule has 1 aliphatic carbocycles. The minimum atomic E-state index is -0.230. The molecule has 216 valence electrons. The Morgan fingerprint density at radius 3 is 2.57 bits per heavy atom. The molecule has 2 atom stereocenters. The Kier molecular flexibility index (Phi) is 5.98. The normalized spacial score (nSPS) is 21.4. The molecule has 0 spiro atoms. The lowest BCUT2D eigenvalue weighted by molar-refractivity contribution is -0.0827. The molecular weight excluding hydrogens is 522 g/mol. The topological polar surface area (TPSA) is 61.4 Å². The van der Waals surface area contributed by atoms with E-state index in [2.05, 4.69) is 92.4 Å². The summed E-state index contributed by atoms with van der Waals surface area (Å²) >= 11 is 0. The number of hydrogen-bond donors (Lipinski definition) is 1. The fourth-order valence-corrected chi connectivity index (χ4v) is 7.75. The monoisotopic (exact) mass is 561 g/mol. The maximum absolute atomic E-state index is 11.0. The van der Waals surface area contributed by atoms with Crippen LogP contribution in [0.3, 0.4) is 0 Å². The third-order valence-corrected chi connectivity index (χ3v) is 9.82. The van der Waals surface area contributed by atoms with Gasteiger partial charge < -0.3 is 19.1 Å². The summed E-state index contributed by atoms with van der Waals surface area (Å²) in [7, 11) is 5.76. The molecule has 1 N–H and O–H groups in total. The van der Waals surface area contributed by atoms with Crippen LogP contribution in [0.25, 0.3) is 45.1 Å². The van der Waals surface area contributed by atoms with E-state index in [0.29, 0.717) is 11.7 Å². The lowest BCUT2D eigenvalue weighted by Gasteiger charge is -2.53. The van der Waals surface area contributed by atoms with Crippen molar-refractivity contribution in [3.63, 3.8) is 0 Å². The SMILES string of the molecule is COc1cc(/C=C/c2cc(O)c3c(c2)CC2C(C)(C)CCC[C@@]2(C)O3)cc2c1c(-c1cccc3nn(C)cc13)cn2C. The molecular formula is C36H39N3O3. The van der Waals surface area contributed by atoms with Gasteiger partial charge in [0.2, 0.25) is 0 Å². The number of benzene rings is 3. The number of phenols is 1. The lowest BCUT2D eigenvalue weighted by atomic mass is 9.59. The van der Waals surface area contributed by atoms with Gasteiger partial charge in [-0.1, -0.05) is 38.1 Å². The van der Waals surface area contributed by atoms with Gasteiger partial charge in [-0.3, -0.25) is 4.68 Å². The Morgan fingerprint density at radius 1 is 1.00 bits per heavy atom. The van der Waals surface area contributed by atoms with Gasteiger partial charge in [-0.2, -0.15) is 5.10 Å². The molecule has 1 unspecified atom stereocenters. The fourth-order valence-electron chi connectivity index (χ4n) is 7.75. The Labute approximate surface area is 247 Å². The molecule has 6 nitrogen and oxygen atoms in total. The number of rotatable bonds is 4. The van der Waals surface area contributed by atoms with Crippen molar-refractivity contribution in [3.05, 3.63) is 71.5 Å². The summed E-state index contributed by atoms with van der Waals surface area (Å²) in [6.07, 6.45) is 12.7. The molecule has 0 saturated heterocycles. The van der Waals surface area contributed by atoms with E-state index in [-0.39, 0.29) is 16.8 Å². The number of ether oxygens (including phenoxy) is 2. The van der Waals surface area contributed by atoms with Crippen LogP contribution < -0.4 is 9.47 Å². The zero-order chi connectivity index (χ0) is 29.4. The van der Waals surface area contributed by atoms with Crippen LogP contribution >= 0.6 is 0 Å². The van der Waals surface area contributed by atoms with Crippen molar-refractivity contribution >= 4 is 34.0 Å². The van der Waals surface area contributed by atoms with Crippen LogP contribution in [0.4, 0.5) is 0 Å². The summed E-state index contributed by atoms with van der Waals surface area (Å²) < 4.78 is 16.5. The van der Waals surface area contributed by atoms with E-state index in [9.17, 15) is 5.11 Å². The van der Waals surface area contributed by atoms with Crippen molar-refractivity contribution in [2.75, 3.05) is 7.11 Å². The van der Waals surface area contributed by atoms with Gasteiger partial charge in [0, 0.05) is 48.7 Å². The number of hydrogen-bond acceptors (Lipinski definition) is 4. The van der Waals surface area contributed by atoms with E-state index in [1.165, 1.54) is 6.42 Å². The Morgan fingerprint density at radius 2 is 1.79 bits per heavy atom. The zero-order valence-corrected chi connectivity index (χ0v) is 25.4. The standard InChI is InChI=1S/C36H39N3O3/c1-35(2)13-8-14-36(3)32(35)19-24-15-22(17-30(40)34(24)42-36)11-12-23-16-29-33(31(18-23)41-6)27(20-38(29)4)25-9-7-10-28-26(25)21-39(5)37-28/h7,9-12,15-18,20-21,32,40H,8,13-14,19H2,1-6H3/b12-11+/t32?,36-/m1/s1. The quantitative estimate of drug-likeness (QED) is 0.225. The molecule has 7 rings (SSSR count). The van der Waals surface area contributed by atoms with Crippen LogP contribution in [0.2, 0.25) is 0 Å². The largest absolute Gasteiger partial charge is 0.504 e. The van der Waals surface area contributed by atoms with E-state index >= 15 is 0 Å². The van der Waals surface area contributed by atoms with Crippen molar-refractivity contribution in [1.29, 1.82) is 0 Å². The minimum absolute atomic E-state index is 0.203. The van der Waals surface area contributed by atoms with Crippen molar-refractivity contribution in [2.24, 2.45) is 25.4 Å². The molecule has 0 radical (unpaired) electrons. The molecule has 1 fully saturated rings. The van der Waals surface area contributed by atoms with Gasteiger partial charge >= 0.3 is 0 Å². The van der Waals surface area contributed by atoms with E-state index in [0.717, 1.165) is 74.6 Å². The second kappa shape index (κ2) is 9.41. The van der Waals surface area contributed by atoms with Gasteiger partial charge in [-0.15, -0.1) is 0 Å². The first kappa shape index (κ1) is 26.7. The number of aromatic nitrogens is 3.